The van der Waals surface area contributed by atoms with Crippen LogP contribution in [0.5, 0.6) is 0 Å². The molecule has 30 heavy (non-hydrogen) atoms. The lowest BCUT2D eigenvalue weighted by atomic mass is 9.84. The van der Waals surface area contributed by atoms with Crippen LogP contribution in [0.4, 0.5) is 22.7 Å². The van der Waals surface area contributed by atoms with Crippen molar-refractivity contribution >= 4 is 22.7 Å². The second kappa shape index (κ2) is 7.83. The molecule has 0 atom stereocenters. The highest BCUT2D eigenvalue weighted by Crippen LogP contribution is 2.41. The van der Waals surface area contributed by atoms with Crippen molar-refractivity contribution in [2.45, 2.75) is 66.2 Å². The van der Waals surface area contributed by atoms with Crippen molar-refractivity contribution in [3.05, 3.63) is 82.9 Å². The molecule has 0 fully saturated rings. The first-order valence-electron chi connectivity index (χ1n) is 10.8. The fourth-order valence-corrected chi connectivity index (χ4v) is 3.92. The molecule has 0 saturated carbocycles. The van der Waals surface area contributed by atoms with Crippen LogP contribution in [0, 0.1) is 13.8 Å². The van der Waals surface area contributed by atoms with Crippen LogP contribution in [0.15, 0.2) is 60.7 Å². The first-order chi connectivity index (χ1) is 13.9. The molecule has 2 N–H and O–H groups in total. The number of nitrogen functional groups attached to an aromatic ring is 1. The Morgan fingerprint density at radius 1 is 0.633 bits per heavy atom. The summed E-state index contributed by atoms with van der Waals surface area (Å²) in [5.41, 5.74) is 15.8. The zero-order chi connectivity index (χ0) is 22.3. The number of hydrogen-bond acceptors (Lipinski definition) is 2. The molecule has 0 aliphatic rings. The Bertz CT molecular complexity index is 1010. The monoisotopic (exact) mass is 400 g/mol. The average Bonchev–Trinajstić information content (AvgIpc) is 2.63. The molecule has 158 valence electrons. The van der Waals surface area contributed by atoms with Crippen molar-refractivity contribution in [2.75, 3.05) is 10.6 Å². The Morgan fingerprint density at radius 3 is 1.63 bits per heavy atom. The summed E-state index contributed by atoms with van der Waals surface area (Å²) in [6.45, 7) is 18.0. The standard InChI is InChI=1S/C28H36N2/c1-19-16-22(28(6,7)8)17-20(2)26(19)30(25-11-9-10-23(29)18-25)24-14-12-21(13-15-24)27(3,4)5/h9-18H,29H2,1-8H3. The van der Waals surface area contributed by atoms with Crippen LogP contribution >= 0.6 is 0 Å². The summed E-state index contributed by atoms with van der Waals surface area (Å²) in [5.74, 6) is 0. The van der Waals surface area contributed by atoms with E-state index in [4.69, 9.17) is 5.73 Å². The van der Waals surface area contributed by atoms with Gasteiger partial charge in [0.2, 0.25) is 0 Å². The fraction of sp³-hybridized carbons (Fsp3) is 0.357. The molecular formula is C28H36N2. The van der Waals surface area contributed by atoms with Gasteiger partial charge in [-0.2, -0.15) is 0 Å². The van der Waals surface area contributed by atoms with E-state index in [0.717, 1.165) is 17.1 Å². The van der Waals surface area contributed by atoms with Crippen molar-refractivity contribution in [1.29, 1.82) is 0 Å². The summed E-state index contributed by atoms with van der Waals surface area (Å²) in [7, 11) is 0. The molecule has 0 bridgehead atoms. The third kappa shape index (κ3) is 4.53. The molecule has 0 aliphatic heterocycles. The maximum atomic E-state index is 6.16. The summed E-state index contributed by atoms with van der Waals surface area (Å²) < 4.78 is 0. The van der Waals surface area contributed by atoms with Gasteiger partial charge in [-0.05, 0) is 77.3 Å². The average molecular weight is 401 g/mol. The molecule has 0 unspecified atom stereocenters. The van der Waals surface area contributed by atoms with E-state index in [-0.39, 0.29) is 10.8 Å². The van der Waals surface area contributed by atoms with Gasteiger partial charge < -0.3 is 10.6 Å². The Labute approximate surface area is 182 Å². The summed E-state index contributed by atoms with van der Waals surface area (Å²) in [4.78, 5) is 2.33. The minimum atomic E-state index is 0.115. The van der Waals surface area contributed by atoms with Gasteiger partial charge in [0.1, 0.15) is 0 Å². The van der Waals surface area contributed by atoms with Gasteiger partial charge in [-0.15, -0.1) is 0 Å². The third-order valence-electron chi connectivity index (χ3n) is 5.70. The first-order valence-corrected chi connectivity index (χ1v) is 10.8. The van der Waals surface area contributed by atoms with Crippen molar-refractivity contribution in [1.82, 2.24) is 0 Å². The van der Waals surface area contributed by atoms with E-state index >= 15 is 0 Å². The number of anilines is 4. The normalized spacial score (nSPS) is 12.1. The Hall–Kier alpha value is -2.74. The van der Waals surface area contributed by atoms with Gasteiger partial charge in [0.05, 0.1) is 5.69 Å². The van der Waals surface area contributed by atoms with Crippen LogP contribution in [0.1, 0.15) is 63.8 Å². The number of nitrogens with zero attached hydrogens (tertiary/aromatic N) is 1. The second-order valence-electron chi connectivity index (χ2n) is 10.4. The van der Waals surface area contributed by atoms with Gasteiger partial charge in [-0.1, -0.05) is 71.9 Å². The third-order valence-corrected chi connectivity index (χ3v) is 5.70. The summed E-state index contributed by atoms with van der Waals surface area (Å²) in [6, 6.07) is 21.7. The SMILES string of the molecule is Cc1cc(C(C)(C)C)cc(C)c1N(c1ccc(C(C)(C)C)cc1)c1cccc(N)c1. The number of rotatable bonds is 3. The van der Waals surface area contributed by atoms with Crippen molar-refractivity contribution < 1.29 is 0 Å². The zero-order valence-electron chi connectivity index (χ0n) is 19.8. The van der Waals surface area contributed by atoms with Crippen LogP contribution < -0.4 is 10.6 Å². The predicted octanol–water partition coefficient (Wildman–Crippen LogP) is 7.95. The molecule has 2 heteroatoms. The van der Waals surface area contributed by atoms with E-state index < -0.39 is 0 Å². The first kappa shape index (κ1) is 22.0. The summed E-state index contributed by atoms with van der Waals surface area (Å²) in [6.07, 6.45) is 0. The van der Waals surface area contributed by atoms with E-state index in [9.17, 15) is 0 Å². The predicted molar refractivity (Wildman–Crippen MR) is 132 cm³/mol. The van der Waals surface area contributed by atoms with Gasteiger partial charge >= 0.3 is 0 Å². The molecule has 3 aromatic carbocycles. The Kier molecular flexibility index (Phi) is 5.73. The Balaban J connectivity index is 2.22. The highest BCUT2D eigenvalue weighted by atomic mass is 15.1. The van der Waals surface area contributed by atoms with E-state index in [0.29, 0.717) is 0 Å². The van der Waals surface area contributed by atoms with Gasteiger partial charge in [0.15, 0.2) is 0 Å². The maximum Gasteiger partial charge on any atom is 0.0520 e. The molecular weight excluding hydrogens is 364 g/mol. The minimum Gasteiger partial charge on any atom is -0.399 e. The lowest BCUT2D eigenvalue weighted by Crippen LogP contribution is -2.17. The van der Waals surface area contributed by atoms with Gasteiger partial charge in [-0.25, -0.2) is 0 Å². The number of hydrogen-bond donors (Lipinski definition) is 1. The largest absolute Gasteiger partial charge is 0.399 e. The molecule has 3 aromatic rings. The van der Waals surface area contributed by atoms with Crippen molar-refractivity contribution in [3.63, 3.8) is 0 Å². The van der Waals surface area contributed by atoms with Crippen molar-refractivity contribution in [3.8, 4) is 0 Å². The van der Waals surface area contributed by atoms with Crippen LogP contribution in [-0.2, 0) is 10.8 Å². The molecule has 0 aliphatic carbocycles. The lowest BCUT2D eigenvalue weighted by Gasteiger charge is -2.31. The molecule has 0 aromatic heterocycles. The zero-order valence-corrected chi connectivity index (χ0v) is 19.8. The quantitative estimate of drug-likeness (QED) is 0.452. The molecule has 3 rings (SSSR count). The van der Waals surface area contributed by atoms with Crippen LogP contribution in [0.3, 0.4) is 0 Å². The minimum absolute atomic E-state index is 0.115. The highest BCUT2D eigenvalue weighted by Gasteiger charge is 2.22. The molecule has 0 amide bonds. The van der Waals surface area contributed by atoms with E-state index in [2.05, 4.69) is 103 Å². The van der Waals surface area contributed by atoms with E-state index in [1.54, 1.807) is 0 Å². The number of aryl methyl sites for hydroxylation is 2. The number of nitrogens with two attached hydrogens (primary N) is 1. The van der Waals surface area contributed by atoms with E-state index in [1.807, 2.05) is 18.2 Å². The second-order valence-corrected chi connectivity index (χ2v) is 10.4. The topological polar surface area (TPSA) is 29.3 Å². The summed E-state index contributed by atoms with van der Waals surface area (Å²) in [5, 5.41) is 0. The van der Waals surface area contributed by atoms with Gasteiger partial charge in [-0.3, -0.25) is 0 Å². The van der Waals surface area contributed by atoms with Crippen LogP contribution in [-0.4, -0.2) is 0 Å². The lowest BCUT2D eigenvalue weighted by molar-refractivity contribution is 0.589. The van der Waals surface area contributed by atoms with Crippen molar-refractivity contribution in [2.24, 2.45) is 0 Å². The van der Waals surface area contributed by atoms with Crippen LogP contribution in [0.2, 0.25) is 0 Å². The van der Waals surface area contributed by atoms with E-state index in [1.165, 1.54) is 27.9 Å². The molecule has 0 radical (unpaired) electrons. The smallest absolute Gasteiger partial charge is 0.0520 e. The number of benzene rings is 3. The van der Waals surface area contributed by atoms with Gasteiger partial charge in [0.25, 0.3) is 0 Å². The van der Waals surface area contributed by atoms with Gasteiger partial charge in [0, 0.05) is 17.1 Å². The Morgan fingerprint density at radius 2 is 1.17 bits per heavy atom. The molecule has 0 heterocycles. The maximum absolute atomic E-state index is 6.16. The fourth-order valence-electron chi connectivity index (χ4n) is 3.92. The highest BCUT2D eigenvalue weighted by molar-refractivity contribution is 5.81. The molecule has 2 nitrogen and oxygen atoms in total. The van der Waals surface area contributed by atoms with Crippen LogP contribution in [0.25, 0.3) is 0 Å². The molecule has 0 spiro atoms. The molecule has 0 saturated heterocycles. The summed E-state index contributed by atoms with van der Waals surface area (Å²) >= 11 is 0.